The first-order valence-electron chi connectivity index (χ1n) is 3.92. The molecule has 1 heterocycles. The van der Waals surface area contributed by atoms with Crippen LogP contribution in [0.1, 0.15) is 26.2 Å². The van der Waals surface area contributed by atoms with Gasteiger partial charge in [0.25, 0.3) is 0 Å². The number of nitriles is 1. The summed E-state index contributed by atoms with van der Waals surface area (Å²) in [5, 5.41) is 8.40. The van der Waals surface area contributed by atoms with E-state index in [0.29, 0.717) is 12.8 Å². The number of amides is 1. The fourth-order valence-corrected chi connectivity index (χ4v) is 1.38. The predicted molar refractivity (Wildman–Crippen MR) is 40.6 cm³/mol. The van der Waals surface area contributed by atoms with Crippen LogP contribution in [0.2, 0.25) is 0 Å². The minimum atomic E-state index is 0.106. The maximum atomic E-state index is 11.1. The van der Waals surface area contributed by atoms with Crippen molar-refractivity contribution in [2.75, 3.05) is 6.54 Å². The van der Waals surface area contributed by atoms with Crippen LogP contribution in [0.4, 0.5) is 0 Å². The van der Waals surface area contributed by atoms with Crippen LogP contribution >= 0.6 is 0 Å². The van der Waals surface area contributed by atoms with E-state index in [0.717, 1.165) is 13.0 Å². The molecule has 1 atom stereocenters. The van der Waals surface area contributed by atoms with Gasteiger partial charge < -0.3 is 4.90 Å². The van der Waals surface area contributed by atoms with Crippen molar-refractivity contribution in [3.05, 3.63) is 0 Å². The van der Waals surface area contributed by atoms with Crippen LogP contribution in [-0.2, 0) is 4.79 Å². The van der Waals surface area contributed by atoms with Crippen LogP contribution in [0, 0.1) is 11.3 Å². The summed E-state index contributed by atoms with van der Waals surface area (Å²) in [7, 11) is 0. The van der Waals surface area contributed by atoms with E-state index >= 15 is 0 Å². The number of carbonyl (C=O) groups excluding carboxylic acids is 1. The van der Waals surface area contributed by atoms with Gasteiger partial charge in [-0.15, -0.1) is 0 Å². The van der Waals surface area contributed by atoms with Gasteiger partial charge in [0.05, 0.1) is 12.5 Å². The van der Waals surface area contributed by atoms with Gasteiger partial charge in [0.2, 0.25) is 5.91 Å². The minimum absolute atomic E-state index is 0.106. The number of carbonyl (C=O) groups is 1. The lowest BCUT2D eigenvalue weighted by Gasteiger charge is -2.21. The van der Waals surface area contributed by atoms with Crippen LogP contribution in [0.15, 0.2) is 0 Å². The SMILES string of the molecule is CC(CC#N)N1CCCC1=O. The van der Waals surface area contributed by atoms with Crippen molar-refractivity contribution < 1.29 is 4.79 Å². The highest BCUT2D eigenvalue weighted by Crippen LogP contribution is 2.14. The van der Waals surface area contributed by atoms with E-state index < -0.39 is 0 Å². The van der Waals surface area contributed by atoms with Gasteiger partial charge in [-0.25, -0.2) is 0 Å². The molecule has 60 valence electrons. The molecule has 3 nitrogen and oxygen atoms in total. The molecule has 0 aliphatic carbocycles. The highest BCUT2D eigenvalue weighted by molar-refractivity contribution is 5.78. The van der Waals surface area contributed by atoms with Gasteiger partial charge in [-0.2, -0.15) is 5.26 Å². The average molecular weight is 152 g/mol. The maximum absolute atomic E-state index is 11.1. The molecule has 1 unspecified atom stereocenters. The van der Waals surface area contributed by atoms with Crippen molar-refractivity contribution in [1.82, 2.24) is 4.90 Å². The van der Waals surface area contributed by atoms with Crippen molar-refractivity contribution >= 4 is 5.91 Å². The minimum Gasteiger partial charge on any atom is -0.339 e. The molecule has 0 aromatic rings. The van der Waals surface area contributed by atoms with Crippen molar-refractivity contribution in [3.63, 3.8) is 0 Å². The number of rotatable bonds is 2. The first kappa shape index (κ1) is 8.06. The van der Waals surface area contributed by atoms with Crippen LogP contribution in [-0.4, -0.2) is 23.4 Å². The molecule has 0 N–H and O–H groups in total. The first-order valence-corrected chi connectivity index (χ1v) is 3.92. The summed E-state index contributed by atoms with van der Waals surface area (Å²) in [4.78, 5) is 12.9. The van der Waals surface area contributed by atoms with E-state index in [-0.39, 0.29) is 11.9 Å². The summed E-state index contributed by atoms with van der Waals surface area (Å²) in [6.07, 6.45) is 2.07. The number of likely N-dealkylation sites (tertiary alicyclic amines) is 1. The number of hydrogen-bond acceptors (Lipinski definition) is 2. The van der Waals surface area contributed by atoms with Gasteiger partial charge in [-0.1, -0.05) is 0 Å². The smallest absolute Gasteiger partial charge is 0.222 e. The lowest BCUT2D eigenvalue weighted by molar-refractivity contribution is -0.129. The molecule has 0 bridgehead atoms. The molecule has 1 aliphatic rings. The molecule has 1 saturated heterocycles. The second-order valence-electron chi connectivity index (χ2n) is 2.90. The van der Waals surface area contributed by atoms with Gasteiger partial charge in [0.15, 0.2) is 0 Å². The van der Waals surface area contributed by atoms with Gasteiger partial charge in [-0.3, -0.25) is 4.79 Å². The highest BCUT2D eigenvalue weighted by atomic mass is 16.2. The van der Waals surface area contributed by atoms with Gasteiger partial charge in [-0.05, 0) is 13.3 Å². The third-order valence-electron chi connectivity index (χ3n) is 2.03. The number of nitrogens with zero attached hydrogens (tertiary/aromatic N) is 2. The molecule has 0 aromatic heterocycles. The van der Waals surface area contributed by atoms with Crippen molar-refractivity contribution in [3.8, 4) is 6.07 Å². The third-order valence-corrected chi connectivity index (χ3v) is 2.03. The average Bonchev–Trinajstić information content (AvgIpc) is 2.36. The van der Waals surface area contributed by atoms with E-state index in [2.05, 4.69) is 6.07 Å². The summed E-state index contributed by atoms with van der Waals surface area (Å²) in [5.41, 5.74) is 0. The molecule has 0 spiro atoms. The standard InChI is InChI=1S/C8H12N2O/c1-7(4-5-9)10-6-2-3-8(10)11/h7H,2-4,6H2,1H3. The Morgan fingerprint density at radius 1 is 1.82 bits per heavy atom. The Morgan fingerprint density at radius 3 is 3.00 bits per heavy atom. The summed E-state index contributed by atoms with van der Waals surface area (Å²) < 4.78 is 0. The second kappa shape index (κ2) is 3.38. The summed E-state index contributed by atoms with van der Waals surface area (Å²) in [5.74, 6) is 0.202. The highest BCUT2D eigenvalue weighted by Gasteiger charge is 2.24. The van der Waals surface area contributed by atoms with Crippen molar-refractivity contribution in [1.29, 1.82) is 5.26 Å². The van der Waals surface area contributed by atoms with Crippen molar-refractivity contribution in [2.24, 2.45) is 0 Å². The molecule has 0 aromatic carbocycles. The zero-order valence-corrected chi connectivity index (χ0v) is 6.71. The molecule has 1 amide bonds. The van der Waals surface area contributed by atoms with Gasteiger partial charge >= 0.3 is 0 Å². The van der Waals surface area contributed by atoms with E-state index in [1.807, 2.05) is 6.92 Å². The van der Waals surface area contributed by atoms with E-state index in [1.165, 1.54) is 0 Å². The fraction of sp³-hybridized carbons (Fsp3) is 0.750. The Morgan fingerprint density at radius 2 is 2.55 bits per heavy atom. The summed E-state index contributed by atoms with van der Waals surface area (Å²) >= 11 is 0. The molecule has 1 rings (SSSR count). The Hall–Kier alpha value is -1.04. The topological polar surface area (TPSA) is 44.1 Å². The Bertz CT molecular complexity index is 195. The summed E-state index contributed by atoms with van der Waals surface area (Å²) in [6, 6.07) is 2.18. The van der Waals surface area contributed by atoms with Crippen LogP contribution in [0.3, 0.4) is 0 Å². The lowest BCUT2D eigenvalue weighted by Crippen LogP contribution is -2.33. The monoisotopic (exact) mass is 152 g/mol. The summed E-state index contributed by atoms with van der Waals surface area (Å²) in [6.45, 7) is 2.76. The normalized spacial score (nSPS) is 20.0. The lowest BCUT2D eigenvalue weighted by atomic mass is 10.2. The predicted octanol–water partition coefficient (Wildman–Crippen LogP) is 0.911. The molecule has 0 saturated carbocycles. The zero-order chi connectivity index (χ0) is 8.27. The molecular formula is C8H12N2O. The second-order valence-corrected chi connectivity index (χ2v) is 2.90. The van der Waals surface area contributed by atoms with Gasteiger partial charge in [0.1, 0.15) is 0 Å². The largest absolute Gasteiger partial charge is 0.339 e. The molecule has 1 fully saturated rings. The van der Waals surface area contributed by atoms with Crippen LogP contribution in [0.5, 0.6) is 0 Å². The zero-order valence-electron chi connectivity index (χ0n) is 6.71. The van der Waals surface area contributed by atoms with Gasteiger partial charge in [0, 0.05) is 19.0 Å². The Kier molecular flexibility index (Phi) is 2.48. The Labute approximate surface area is 66.6 Å². The van der Waals surface area contributed by atoms with E-state index in [1.54, 1.807) is 4.90 Å². The maximum Gasteiger partial charge on any atom is 0.222 e. The van der Waals surface area contributed by atoms with Crippen LogP contribution in [0.25, 0.3) is 0 Å². The first-order chi connectivity index (χ1) is 5.25. The van der Waals surface area contributed by atoms with E-state index in [4.69, 9.17) is 5.26 Å². The Balaban J connectivity index is 2.47. The quantitative estimate of drug-likeness (QED) is 0.590. The third kappa shape index (κ3) is 1.70. The van der Waals surface area contributed by atoms with Crippen molar-refractivity contribution in [2.45, 2.75) is 32.2 Å². The molecule has 0 radical (unpaired) electrons. The molecule has 1 aliphatic heterocycles. The molecule has 3 heteroatoms. The number of hydrogen-bond donors (Lipinski definition) is 0. The van der Waals surface area contributed by atoms with Crippen LogP contribution < -0.4 is 0 Å². The molecule has 11 heavy (non-hydrogen) atoms. The van der Waals surface area contributed by atoms with E-state index in [9.17, 15) is 4.79 Å². The fourth-order valence-electron chi connectivity index (χ4n) is 1.38. The molecular weight excluding hydrogens is 140 g/mol.